The van der Waals surface area contributed by atoms with E-state index in [4.69, 9.17) is 0 Å². The van der Waals surface area contributed by atoms with E-state index in [9.17, 15) is 17.6 Å². The molecule has 1 aliphatic heterocycles. The summed E-state index contributed by atoms with van der Waals surface area (Å²) >= 11 is 0. The molecule has 1 N–H and O–H groups in total. The zero-order chi connectivity index (χ0) is 23.6. The second kappa shape index (κ2) is 9.35. The van der Waals surface area contributed by atoms with E-state index in [1.54, 1.807) is 18.2 Å². The van der Waals surface area contributed by atoms with Crippen molar-refractivity contribution in [3.8, 4) is 0 Å². The fourth-order valence-corrected chi connectivity index (χ4v) is 5.86. The van der Waals surface area contributed by atoms with Crippen molar-refractivity contribution in [3.63, 3.8) is 0 Å². The van der Waals surface area contributed by atoms with E-state index >= 15 is 0 Å². The summed E-state index contributed by atoms with van der Waals surface area (Å²) in [5.74, 6) is -0.735. The number of aryl methyl sites for hydroxylation is 1. The van der Waals surface area contributed by atoms with Gasteiger partial charge in [-0.1, -0.05) is 25.5 Å². The Morgan fingerprint density at radius 1 is 1.06 bits per heavy atom. The molecular formula is C26H27FN2O3S. The molecule has 5 nitrogen and oxygen atoms in total. The monoisotopic (exact) mass is 466 g/mol. The van der Waals surface area contributed by atoms with E-state index in [1.807, 2.05) is 31.2 Å². The third kappa shape index (κ3) is 4.78. The van der Waals surface area contributed by atoms with Crippen LogP contribution in [0.3, 0.4) is 0 Å². The first-order valence-electron chi connectivity index (χ1n) is 11.1. The van der Waals surface area contributed by atoms with Gasteiger partial charge in [0.05, 0.1) is 10.6 Å². The fraction of sp³-hybridized carbons (Fsp3) is 0.269. The number of hydrogen-bond acceptors (Lipinski definition) is 3. The molecule has 0 radical (unpaired) electrons. The summed E-state index contributed by atoms with van der Waals surface area (Å²) in [4.78, 5) is 12.8. The maximum absolute atomic E-state index is 13.3. The van der Waals surface area contributed by atoms with Gasteiger partial charge < -0.3 is 5.32 Å². The Morgan fingerprint density at radius 2 is 1.76 bits per heavy atom. The van der Waals surface area contributed by atoms with Crippen molar-refractivity contribution < 1.29 is 17.6 Å². The van der Waals surface area contributed by atoms with Gasteiger partial charge in [-0.15, -0.1) is 0 Å². The van der Waals surface area contributed by atoms with Crippen LogP contribution < -0.4 is 9.62 Å². The van der Waals surface area contributed by atoms with Crippen molar-refractivity contribution in [2.45, 2.75) is 50.5 Å². The van der Waals surface area contributed by atoms with Crippen LogP contribution in [-0.2, 0) is 22.9 Å². The van der Waals surface area contributed by atoms with Crippen molar-refractivity contribution in [3.05, 3.63) is 89.2 Å². The largest absolute Gasteiger partial charge is 0.322 e. The molecule has 0 aromatic heterocycles. The lowest BCUT2D eigenvalue weighted by atomic mass is 10.1. The number of halogens is 1. The molecule has 172 valence electrons. The third-order valence-electron chi connectivity index (χ3n) is 5.90. The second-order valence-corrected chi connectivity index (χ2v) is 10.2. The van der Waals surface area contributed by atoms with Crippen LogP contribution in [0.1, 0.15) is 48.2 Å². The van der Waals surface area contributed by atoms with E-state index < -0.39 is 15.8 Å². The van der Waals surface area contributed by atoms with Crippen LogP contribution in [0, 0.1) is 5.82 Å². The molecule has 3 aromatic rings. The van der Waals surface area contributed by atoms with Gasteiger partial charge in [-0.05, 0) is 91.9 Å². The molecule has 0 spiro atoms. The van der Waals surface area contributed by atoms with Crippen LogP contribution in [0.15, 0.2) is 71.6 Å². The highest BCUT2D eigenvalue weighted by Gasteiger charge is 2.36. The highest BCUT2D eigenvalue weighted by molar-refractivity contribution is 7.92. The Bertz CT molecular complexity index is 1260. The van der Waals surface area contributed by atoms with E-state index in [0.29, 0.717) is 17.7 Å². The van der Waals surface area contributed by atoms with Gasteiger partial charge in [-0.25, -0.2) is 12.8 Å². The minimum absolute atomic E-state index is 0.0350. The molecule has 1 atom stereocenters. The molecule has 0 fully saturated rings. The molecule has 7 heteroatoms. The van der Waals surface area contributed by atoms with Crippen molar-refractivity contribution in [2.24, 2.45) is 0 Å². The third-order valence-corrected chi connectivity index (χ3v) is 7.84. The highest BCUT2D eigenvalue weighted by Crippen LogP contribution is 2.37. The highest BCUT2D eigenvalue weighted by atomic mass is 32.2. The lowest BCUT2D eigenvalue weighted by Gasteiger charge is -2.24. The van der Waals surface area contributed by atoms with E-state index in [2.05, 4.69) is 12.2 Å². The van der Waals surface area contributed by atoms with Crippen molar-refractivity contribution in [1.82, 2.24) is 0 Å². The summed E-state index contributed by atoms with van der Waals surface area (Å²) in [6, 6.07) is 17.4. The smallest absolute Gasteiger partial charge is 0.264 e. The first-order chi connectivity index (χ1) is 15.8. The summed E-state index contributed by atoms with van der Waals surface area (Å²) in [5.41, 5.74) is 3.76. The maximum Gasteiger partial charge on any atom is 0.264 e. The number of nitrogens with one attached hydrogen (secondary N) is 1. The van der Waals surface area contributed by atoms with Gasteiger partial charge in [0.2, 0.25) is 0 Å². The van der Waals surface area contributed by atoms with Crippen molar-refractivity contribution in [1.29, 1.82) is 0 Å². The molecule has 0 saturated heterocycles. The Hall–Kier alpha value is -3.19. The quantitative estimate of drug-likeness (QED) is 0.496. The predicted octanol–water partition coefficient (Wildman–Crippen LogP) is 5.56. The van der Waals surface area contributed by atoms with E-state index in [-0.39, 0.29) is 16.8 Å². The SMILES string of the molecule is CCCCc1ccc(NC(=O)c2ccc3c(c2)C[C@@H](C)N3S(=O)(=O)c2ccc(F)cc2)cc1. The summed E-state index contributed by atoms with van der Waals surface area (Å²) in [6.45, 7) is 3.98. The number of unbranched alkanes of at least 4 members (excludes halogenated alkanes) is 1. The van der Waals surface area contributed by atoms with Crippen LogP contribution in [0.4, 0.5) is 15.8 Å². The summed E-state index contributed by atoms with van der Waals surface area (Å²) in [5, 5.41) is 2.91. The Morgan fingerprint density at radius 3 is 2.42 bits per heavy atom. The van der Waals surface area contributed by atoms with Gasteiger partial charge in [0.1, 0.15) is 5.82 Å². The zero-order valence-electron chi connectivity index (χ0n) is 18.7. The molecule has 4 rings (SSSR count). The van der Waals surface area contributed by atoms with Gasteiger partial charge in [0, 0.05) is 17.3 Å². The predicted molar refractivity (Wildman–Crippen MR) is 129 cm³/mol. The van der Waals surface area contributed by atoms with Crippen LogP contribution >= 0.6 is 0 Å². The van der Waals surface area contributed by atoms with Crippen LogP contribution in [-0.4, -0.2) is 20.4 Å². The number of amides is 1. The minimum Gasteiger partial charge on any atom is -0.322 e. The van der Waals surface area contributed by atoms with E-state index in [1.165, 1.54) is 22.0 Å². The lowest BCUT2D eigenvalue weighted by molar-refractivity contribution is 0.102. The molecular weight excluding hydrogens is 439 g/mol. The summed E-state index contributed by atoms with van der Waals surface area (Å²) in [7, 11) is -3.84. The molecule has 3 aromatic carbocycles. The van der Waals surface area contributed by atoms with Gasteiger partial charge in [0.25, 0.3) is 15.9 Å². The van der Waals surface area contributed by atoms with Crippen LogP contribution in [0.25, 0.3) is 0 Å². The number of rotatable bonds is 7. The average Bonchev–Trinajstić information content (AvgIpc) is 3.14. The van der Waals surface area contributed by atoms with Crippen molar-refractivity contribution >= 4 is 27.3 Å². The fourth-order valence-electron chi connectivity index (χ4n) is 4.17. The average molecular weight is 467 g/mol. The normalized spacial score (nSPS) is 15.4. The molecule has 0 unspecified atom stereocenters. The Labute approximate surface area is 194 Å². The molecule has 1 amide bonds. The Kier molecular flexibility index (Phi) is 6.51. The van der Waals surface area contributed by atoms with Crippen molar-refractivity contribution in [2.75, 3.05) is 9.62 Å². The number of carbonyl (C=O) groups excluding carboxylic acids is 1. The molecule has 0 aliphatic carbocycles. The topological polar surface area (TPSA) is 66.5 Å². The summed E-state index contributed by atoms with van der Waals surface area (Å²) < 4.78 is 41.0. The second-order valence-electron chi connectivity index (χ2n) is 8.41. The first-order valence-corrected chi connectivity index (χ1v) is 12.6. The Balaban J connectivity index is 1.53. The number of carbonyl (C=O) groups is 1. The molecule has 0 bridgehead atoms. The number of hydrogen-bond donors (Lipinski definition) is 1. The first kappa shape index (κ1) is 23.0. The zero-order valence-corrected chi connectivity index (χ0v) is 19.5. The lowest BCUT2D eigenvalue weighted by Crippen LogP contribution is -2.35. The molecule has 1 aliphatic rings. The van der Waals surface area contributed by atoms with E-state index in [0.717, 1.165) is 42.6 Å². The number of nitrogens with zero attached hydrogens (tertiary/aromatic N) is 1. The summed E-state index contributed by atoms with van der Waals surface area (Å²) in [6.07, 6.45) is 3.78. The number of benzene rings is 3. The molecule has 0 saturated carbocycles. The van der Waals surface area contributed by atoms with Gasteiger partial charge in [-0.3, -0.25) is 9.10 Å². The van der Waals surface area contributed by atoms with Gasteiger partial charge >= 0.3 is 0 Å². The maximum atomic E-state index is 13.3. The van der Waals surface area contributed by atoms with Crippen LogP contribution in [0.5, 0.6) is 0 Å². The minimum atomic E-state index is -3.84. The van der Waals surface area contributed by atoms with Gasteiger partial charge in [0.15, 0.2) is 0 Å². The van der Waals surface area contributed by atoms with Crippen LogP contribution in [0.2, 0.25) is 0 Å². The van der Waals surface area contributed by atoms with Gasteiger partial charge in [-0.2, -0.15) is 0 Å². The number of fused-ring (bicyclic) bond motifs is 1. The molecule has 33 heavy (non-hydrogen) atoms. The number of sulfonamides is 1. The number of anilines is 2. The standard InChI is InChI=1S/C26H27FN2O3S/c1-3-4-5-19-6-11-23(12-7-19)28-26(30)20-8-15-25-21(17-20)16-18(2)29(25)33(31,32)24-13-9-22(27)10-14-24/h6-15,17-18H,3-5,16H2,1-2H3,(H,28,30)/t18-/m1/s1. The molecule has 1 heterocycles.